The van der Waals surface area contributed by atoms with Crippen molar-refractivity contribution in [2.24, 2.45) is 0 Å². The van der Waals surface area contributed by atoms with Gasteiger partial charge >= 0.3 is 0 Å². The number of thiazole rings is 1. The molecule has 0 aliphatic carbocycles. The number of carbonyl (C=O) groups is 1. The maximum Gasteiger partial charge on any atom is 0.187 e. The summed E-state index contributed by atoms with van der Waals surface area (Å²) in [6, 6.07) is 11.1. The van der Waals surface area contributed by atoms with E-state index in [-0.39, 0.29) is 22.8 Å². The monoisotopic (exact) mass is 462 g/mol. The first kappa shape index (κ1) is 19.5. The summed E-state index contributed by atoms with van der Waals surface area (Å²) in [6.45, 7) is 3.51. The molecule has 1 N–H and O–H groups in total. The number of benzene rings is 1. The molecule has 0 saturated heterocycles. The summed E-state index contributed by atoms with van der Waals surface area (Å²) < 4.78 is 1.95. The number of pyridine rings is 1. The zero-order chi connectivity index (χ0) is 18.3. The zero-order valence-corrected chi connectivity index (χ0v) is 17.8. The van der Waals surface area contributed by atoms with Crippen LogP contribution in [0.25, 0.3) is 17.0 Å². The molecule has 0 saturated carbocycles. The molecule has 0 radical (unpaired) electrons. The molecule has 3 heterocycles. The summed E-state index contributed by atoms with van der Waals surface area (Å²) >= 11 is 7.63. The molecule has 0 atom stereocenters. The average Bonchev–Trinajstić information content (AvgIpc) is 3.18. The Morgan fingerprint density at radius 3 is 2.81 bits per heavy atom. The minimum Gasteiger partial charge on any atom is -0.332 e. The van der Waals surface area contributed by atoms with Crippen LogP contribution in [-0.4, -0.2) is 20.2 Å². The lowest BCUT2D eigenvalue weighted by Crippen LogP contribution is -1.95. The van der Waals surface area contributed by atoms with Gasteiger partial charge in [0.1, 0.15) is 11.3 Å². The number of aromatic nitrogens is 3. The molecule has 3 aromatic heterocycles. The van der Waals surface area contributed by atoms with E-state index in [0.717, 1.165) is 33.5 Å². The Morgan fingerprint density at radius 2 is 2.04 bits per heavy atom. The molecule has 4 rings (SSSR count). The number of fused-ring (bicyclic) bond motifs is 1. The number of halogens is 2. The van der Waals surface area contributed by atoms with E-state index in [0.29, 0.717) is 10.6 Å². The van der Waals surface area contributed by atoms with Gasteiger partial charge in [-0.2, -0.15) is 0 Å². The van der Waals surface area contributed by atoms with E-state index in [4.69, 9.17) is 11.6 Å². The molecule has 0 aliphatic rings. The zero-order valence-electron chi connectivity index (χ0n) is 14.6. The number of aryl methyl sites for hydroxylation is 1. The fourth-order valence-corrected chi connectivity index (χ4v) is 3.70. The van der Waals surface area contributed by atoms with E-state index >= 15 is 0 Å². The van der Waals surface area contributed by atoms with Gasteiger partial charge in [0.05, 0.1) is 16.4 Å². The smallest absolute Gasteiger partial charge is 0.187 e. The predicted molar refractivity (Wildman–Crippen MR) is 116 cm³/mol. The largest absolute Gasteiger partial charge is 0.332 e. The van der Waals surface area contributed by atoms with E-state index in [9.17, 15) is 4.79 Å². The lowest BCUT2D eigenvalue weighted by atomic mass is 10.1. The first-order chi connectivity index (χ1) is 12.5. The third-order valence-electron chi connectivity index (χ3n) is 4.02. The maximum absolute atomic E-state index is 11.5. The Balaban J connectivity index is 0.00000210. The van der Waals surface area contributed by atoms with E-state index in [1.165, 1.54) is 11.3 Å². The minimum absolute atomic E-state index is 0. The Morgan fingerprint density at radius 1 is 1.22 bits per heavy atom. The normalized spacial score (nSPS) is 10.6. The molecule has 4 aromatic rings. The highest BCUT2D eigenvalue weighted by molar-refractivity contribution is 8.93. The van der Waals surface area contributed by atoms with Crippen LogP contribution in [0.2, 0.25) is 5.02 Å². The number of hydrogen-bond acceptors (Lipinski definition) is 5. The van der Waals surface area contributed by atoms with Crippen LogP contribution in [0.3, 0.4) is 0 Å². The number of imidazole rings is 1. The first-order valence-electron chi connectivity index (χ1n) is 7.99. The first-order valence-corrected chi connectivity index (χ1v) is 9.25. The lowest BCUT2D eigenvalue weighted by Gasteiger charge is -2.04. The molecule has 27 heavy (non-hydrogen) atoms. The summed E-state index contributed by atoms with van der Waals surface area (Å²) in [7, 11) is 0. The van der Waals surface area contributed by atoms with Crippen molar-refractivity contribution in [1.82, 2.24) is 14.4 Å². The van der Waals surface area contributed by atoms with Gasteiger partial charge in [0.25, 0.3) is 0 Å². The average molecular weight is 464 g/mol. The third kappa shape index (κ3) is 3.90. The molecule has 0 fully saturated rings. The minimum atomic E-state index is 0. The SMILES string of the molecule is Br.CC(=O)c1cccc(Nc2nc(-c3c(C)nc4ccc(Cl)cn34)cs2)c1. The van der Waals surface area contributed by atoms with Gasteiger partial charge < -0.3 is 5.32 Å². The summed E-state index contributed by atoms with van der Waals surface area (Å²) in [6.07, 6.45) is 1.84. The Bertz CT molecular complexity index is 1140. The summed E-state index contributed by atoms with van der Waals surface area (Å²) in [5.74, 6) is 0.0340. The van der Waals surface area contributed by atoms with Crippen molar-refractivity contribution in [1.29, 1.82) is 0 Å². The van der Waals surface area contributed by atoms with Crippen LogP contribution in [-0.2, 0) is 0 Å². The maximum atomic E-state index is 11.5. The van der Waals surface area contributed by atoms with Crippen molar-refractivity contribution >= 4 is 62.2 Å². The van der Waals surface area contributed by atoms with Gasteiger partial charge in [-0.05, 0) is 38.1 Å². The van der Waals surface area contributed by atoms with Crippen LogP contribution in [0.15, 0.2) is 48.0 Å². The summed E-state index contributed by atoms with van der Waals surface area (Å²) in [4.78, 5) is 20.8. The van der Waals surface area contributed by atoms with Crippen molar-refractivity contribution < 1.29 is 4.79 Å². The number of rotatable bonds is 4. The lowest BCUT2D eigenvalue weighted by molar-refractivity contribution is 0.101. The standard InChI is InChI=1S/C19H15ClN4OS.BrH/c1-11-18(24-9-14(20)6-7-17(24)21-11)16-10-26-19(23-16)22-15-5-3-4-13(8-15)12(2)25;/h3-10H,1-2H3,(H,22,23);1H. The van der Waals surface area contributed by atoms with Gasteiger partial charge in [-0.3, -0.25) is 9.20 Å². The predicted octanol–water partition coefficient (Wildman–Crippen LogP) is 5.94. The molecule has 0 bridgehead atoms. The van der Waals surface area contributed by atoms with Gasteiger partial charge in [-0.25, -0.2) is 9.97 Å². The van der Waals surface area contributed by atoms with Crippen LogP contribution in [0.4, 0.5) is 10.8 Å². The van der Waals surface area contributed by atoms with Gasteiger partial charge in [0.15, 0.2) is 10.9 Å². The molecule has 5 nitrogen and oxygen atoms in total. The fraction of sp³-hybridized carbons (Fsp3) is 0.105. The Labute approximate surface area is 175 Å². The number of nitrogens with zero attached hydrogens (tertiary/aromatic N) is 3. The van der Waals surface area contributed by atoms with Crippen molar-refractivity contribution in [3.05, 3.63) is 64.3 Å². The van der Waals surface area contributed by atoms with Crippen LogP contribution in [0.5, 0.6) is 0 Å². The molecule has 0 amide bonds. The van der Waals surface area contributed by atoms with Crippen LogP contribution in [0.1, 0.15) is 23.0 Å². The highest BCUT2D eigenvalue weighted by Gasteiger charge is 2.14. The molecule has 0 aliphatic heterocycles. The topological polar surface area (TPSA) is 59.3 Å². The second kappa shape index (κ2) is 7.80. The van der Waals surface area contributed by atoms with E-state index in [1.54, 1.807) is 13.0 Å². The number of carbonyl (C=O) groups excluding carboxylic acids is 1. The van der Waals surface area contributed by atoms with Crippen LogP contribution < -0.4 is 5.32 Å². The number of hydrogen-bond donors (Lipinski definition) is 1. The second-order valence-electron chi connectivity index (χ2n) is 5.92. The molecule has 0 unspecified atom stereocenters. The number of anilines is 2. The summed E-state index contributed by atoms with van der Waals surface area (Å²) in [5, 5.41) is 6.63. The fourth-order valence-electron chi connectivity index (χ4n) is 2.82. The van der Waals surface area contributed by atoms with Gasteiger partial charge in [0, 0.05) is 22.8 Å². The number of Topliss-reactive ketones (excluding diaryl/α,β-unsaturated/α-hetero) is 1. The van der Waals surface area contributed by atoms with Gasteiger partial charge in [-0.1, -0.05) is 23.7 Å². The molecule has 138 valence electrons. The van der Waals surface area contributed by atoms with Crippen LogP contribution >= 0.6 is 39.9 Å². The van der Waals surface area contributed by atoms with Gasteiger partial charge in [0.2, 0.25) is 0 Å². The van der Waals surface area contributed by atoms with Crippen molar-refractivity contribution in [3.63, 3.8) is 0 Å². The quantitative estimate of drug-likeness (QED) is 0.380. The van der Waals surface area contributed by atoms with Crippen molar-refractivity contribution in [2.75, 3.05) is 5.32 Å². The van der Waals surface area contributed by atoms with E-state index < -0.39 is 0 Å². The van der Waals surface area contributed by atoms with Crippen molar-refractivity contribution in [3.8, 4) is 11.4 Å². The van der Waals surface area contributed by atoms with E-state index in [2.05, 4.69) is 15.3 Å². The van der Waals surface area contributed by atoms with Crippen molar-refractivity contribution in [2.45, 2.75) is 13.8 Å². The highest BCUT2D eigenvalue weighted by Crippen LogP contribution is 2.30. The highest BCUT2D eigenvalue weighted by atomic mass is 79.9. The Hall–Kier alpha value is -2.22. The van der Waals surface area contributed by atoms with Crippen LogP contribution in [0, 0.1) is 6.92 Å². The molecular weight excluding hydrogens is 448 g/mol. The number of nitrogens with one attached hydrogen (secondary N) is 1. The molecule has 0 spiro atoms. The third-order valence-corrected chi connectivity index (χ3v) is 5.01. The van der Waals surface area contributed by atoms with E-state index in [1.807, 2.05) is 53.2 Å². The summed E-state index contributed by atoms with van der Waals surface area (Å²) in [5.41, 5.74) is 4.97. The molecular formula is C19H16BrClN4OS. The number of ketones is 1. The second-order valence-corrected chi connectivity index (χ2v) is 7.22. The van der Waals surface area contributed by atoms with Gasteiger partial charge in [-0.15, -0.1) is 28.3 Å². The molecule has 1 aromatic carbocycles. The Kier molecular flexibility index (Phi) is 5.64. The molecule has 8 heteroatoms.